The number of thioether (sulfide) groups is 1. The zero-order chi connectivity index (χ0) is 28.8. The minimum Gasteiger partial charge on any atom is -0.464 e. The van der Waals surface area contributed by atoms with E-state index in [2.05, 4.69) is 10.2 Å². The zero-order valence-electron chi connectivity index (χ0n) is 23.0. The molecule has 14 heteroatoms. The van der Waals surface area contributed by atoms with Gasteiger partial charge >= 0.3 is 29.3 Å². The first kappa shape index (κ1) is 33.4. The number of hydrogen-bond donors (Lipinski definition) is 1. The van der Waals surface area contributed by atoms with Gasteiger partial charge in [-0.15, -0.1) is 0 Å². The number of amides is 1. The van der Waals surface area contributed by atoms with Crippen LogP contribution < -0.4 is 5.32 Å². The van der Waals surface area contributed by atoms with Crippen LogP contribution in [0.2, 0.25) is 0 Å². The summed E-state index contributed by atoms with van der Waals surface area (Å²) in [6.07, 6.45) is -0.477. The smallest absolute Gasteiger partial charge is 0.410 e. The monoisotopic (exact) mass is 564 g/mol. The van der Waals surface area contributed by atoms with Crippen molar-refractivity contribution in [2.24, 2.45) is 10.8 Å². The fraction of sp³-hybridized carbons (Fsp3) is 0.792. The fourth-order valence-electron chi connectivity index (χ4n) is 2.63. The van der Waals surface area contributed by atoms with Crippen molar-refractivity contribution in [2.75, 3.05) is 58.8 Å². The van der Waals surface area contributed by atoms with Gasteiger partial charge in [0.05, 0.1) is 30.7 Å². The molecule has 1 N–H and O–H groups in total. The molecule has 1 aliphatic rings. The summed E-state index contributed by atoms with van der Waals surface area (Å²) in [4.78, 5) is 62.6. The van der Waals surface area contributed by atoms with Gasteiger partial charge in [0.15, 0.2) is 0 Å². The van der Waals surface area contributed by atoms with E-state index in [0.717, 1.165) is 13.1 Å². The van der Waals surface area contributed by atoms with Crippen molar-refractivity contribution >= 4 is 41.1 Å². The van der Waals surface area contributed by atoms with E-state index in [4.69, 9.17) is 28.4 Å². The molecule has 0 spiro atoms. The van der Waals surface area contributed by atoms with Gasteiger partial charge in [-0.05, 0) is 59.7 Å². The minimum atomic E-state index is -1.26. The second-order valence-electron chi connectivity index (χ2n) is 10.4. The lowest BCUT2D eigenvalue weighted by Crippen LogP contribution is -2.44. The quantitative estimate of drug-likeness (QED) is 0.160. The highest BCUT2D eigenvalue weighted by atomic mass is 32.2. The number of carbonyl (C=O) groups is 5. The maximum absolute atomic E-state index is 12.6. The molecule has 1 aliphatic heterocycles. The zero-order valence-corrected chi connectivity index (χ0v) is 23.8. The highest BCUT2D eigenvalue weighted by Gasteiger charge is 2.27. The number of nitrogens with one attached hydrogen (secondary N) is 1. The molecule has 1 amide bonds. The predicted molar refractivity (Wildman–Crippen MR) is 136 cm³/mol. The maximum Gasteiger partial charge on any atom is 0.410 e. The lowest BCUT2D eigenvalue weighted by Gasteiger charge is -2.26. The van der Waals surface area contributed by atoms with Crippen molar-refractivity contribution in [3.63, 3.8) is 0 Å². The lowest BCUT2D eigenvalue weighted by atomic mass is 9.97. The van der Waals surface area contributed by atoms with E-state index in [0.29, 0.717) is 37.9 Å². The molecule has 0 aromatic heterocycles. The molecule has 0 saturated carbocycles. The van der Waals surface area contributed by atoms with E-state index in [9.17, 15) is 24.0 Å². The number of hydrogen-bond acceptors (Lipinski definition) is 13. The van der Waals surface area contributed by atoms with Crippen molar-refractivity contribution < 1.29 is 52.4 Å². The van der Waals surface area contributed by atoms with Gasteiger partial charge in [-0.25, -0.2) is 14.4 Å². The van der Waals surface area contributed by atoms with E-state index in [1.165, 1.54) is 0 Å². The third-order valence-electron chi connectivity index (χ3n) is 4.88. The van der Waals surface area contributed by atoms with Crippen LogP contribution in [0.4, 0.5) is 9.59 Å². The van der Waals surface area contributed by atoms with Crippen LogP contribution in [0.15, 0.2) is 0 Å². The first-order valence-electron chi connectivity index (χ1n) is 12.2. The molecule has 1 fully saturated rings. The highest BCUT2D eigenvalue weighted by molar-refractivity contribution is 8.13. The number of esters is 3. The summed E-state index contributed by atoms with van der Waals surface area (Å²) in [7, 11) is 0. The summed E-state index contributed by atoms with van der Waals surface area (Å²) < 4.78 is 30.0. The molecule has 0 aliphatic carbocycles. The molecule has 1 saturated heterocycles. The fourth-order valence-corrected chi connectivity index (χ4v) is 3.29. The number of morpholine rings is 1. The number of alkyl carbamates (subject to hydrolysis) is 1. The van der Waals surface area contributed by atoms with Gasteiger partial charge in [-0.3, -0.25) is 14.5 Å². The summed E-state index contributed by atoms with van der Waals surface area (Å²) in [5, 5.41) is 1.47. The van der Waals surface area contributed by atoms with Crippen LogP contribution in [-0.4, -0.2) is 99.0 Å². The number of ether oxygens (including phenoxy) is 6. The third-order valence-corrected chi connectivity index (χ3v) is 5.74. The Morgan fingerprint density at radius 2 is 1.39 bits per heavy atom. The summed E-state index contributed by atoms with van der Waals surface area (Å²) in [5.41, 5.74) is -1.55. The van der Waals surface area contributed by atoms with Gasteiger partial charge in [-0.2, -0.15) is 0 Å². The Morgan fingerprint density at radius 1 is 0.842 bits per heavy atom. The molecule has 13 nitrogen and oxygen atoms in total. The predicted octanol–water partition coefficient (Wildman–Crippen LogP) is 2.31. The number of carbonyl (C=O) groups excluding carboxylic acids is 5. The SMILES string of the molecule is CC(C)(C)C(=O)OCOC(=O)N[C@@H](CSC(=O)OCOC(=O)C(C)(C)C)C(=O)OCCCN1CCOCC1. The first-order chi connectivity index (χ1) is 17.7. The molecule has 0 bridgehead atoms. The summed E-state index contributed by atoms with van der Waals surface area (Å²) in [6.45, 7) is 12.3. The molecule has 0 aromatic rings. The van der Waals surface area contributed by atoms with E-state index in [1.807, 2.05) is 0 Å². The molecule has 1 heterocycles. The van der Waals surface area contributed by atoms with E-state index >= 15 is 0 Å². The Bertz CT molecular complexity index is 802. The average Bonchev–Trinajstić information content (AvgIpc) is 2.83. The largest absolute Gasteiger partial charge is 0.464 e. The van der Waals surface area contributed by atoms with Gasteiger partial charge in [-0.1, -0.05) is 0 Å². The summed E-state index contributed by atoms with van der Waals surface area (Å²) >= 11 is 0.577. The first-order valence-corrected chi connectivity index (χ1v) is 13.2. The van der Waals surface area contributed by atoms with Crippen molar-refractivity contribution in [3.05, 3.63) is 0 Å². The molecule has 38 heavy (non-hydrogen) atoms. The molecule has 0 aromatic carbocycles. The van der Waals surface area contributed by atoms with Gasteiger partial charge in [0.2, 0.25) is 13.6 Å². The Labute approximate surface area is 227 Å². The van der Waals surface area contributed by atoms with E-state index in [-0.39, 0.29) is 12.4 Å². The highest BCUT2D eigenvalue weighted by Crippen LogP contribution is 2.16. The van der Waals surface area contributed by atoms with Gasteiger partial charge in [0.25, 0.3) is 0 Å². The van der Waals surface area contributed by atoms with E-state index < -0.39 is 59.8 Å². The topological polar surface area (TPSA) is 156 Å². The van der Waals surface area contributed by atoms with Crippen molar-refractivity contribution in [1.82, 2.24) is 10.2 Å². The summed E-state index contributed by atoms with van der Waals surface area (Å²) in [6, 6.07) is -1.26. The van der Waals surface area contributed by atoms with Crippen molar-refractivity contribution in [2.45, 2.75) is 54.0 Å². The molecule has 1 atom stereocenters. The molecular formula is C24H40N2O11S. The van der Waals surface area contributed by atoms with Crippen LogP contribution in [0.5, 0.6) is 0 Å². The molecule has 0 unspecified atom stereocenters. The summed E-state index contributed by atoms with van der Waals surface area (Å²) in [5.74, 6) is -2.15. The Kier molecular flexibility index (Phi) is 14.4. The van der Waals surface area contributed by atoms with Crippen LogP contribution in [0.3, 0.4) is 0 Å². The van der Waals surface area contributed by atoms with Gasteiger partial charge < -0.3 is 33.7 Å². The Balaban J connectivity index is 2.55. The van der Waals surface area contributed by atoms with Crippen LogP contribution in [0.1, 0.15) is 48.0 Å². The second kappa shape index (κ2) is 16.4. The molecule has 218 valence electrons. The standard InChI is InChI=1S/C24H40N2O11S/c1-23(2,3)19(28)34-15-36-21(30)25-17(14-38-22(31)37-16-35-20(29)24(4,5)6)18(27)33-11-7-8-26-9-12-32-13-10-26/h17H,7-16H2,1-6H3,(H,25,30)/t17-/m0/s1. The van der Waals surface area contributed by atoms with Gasteiger partial charge in [0.1, 0.15) is 6.04 Å². The maximum atomic E-state index is 12.6. The van der Waals surface area contributed by atoms with Crippen molar-refractivity contribution in [3.8, 4) is 0 Å². The molecule has 1 rings (SSSR count). The van der Waals surface area contributed by atoms with Crippen LogP contribution in [-0.2, 0) is 42.8 Å². The number of rotatable bonds is 12. The van der Waals surface area contributed by atoms with Crippen LogP contribution in [0, 0.1) is 10.8 Å². The van der Waals surface area contributed by atoms with Crippen LogP contribution in [0.25, 0.3) is 0 Å². The minimum absolute atomic E-state index is 0.102. The Morgan fingerprint density at radius 3 is 1.95 bits per heavy atom. The average molecular weight is 565 g/mol. The Hall–Kier alpha value is -2.58. The normalized spacial score (nSPS) is 15.1. The molecule has 0 radical (unpaired) electrons. The number of nitrogens with zero attached hydrogens (tertiary/aromatic N) is 1. The van der Waals surface area contributed by atoms with Crippen LogP contribution >= 0.6 is 11.8 Å². The third kappa shape index (κ3) is 14.4. The lowest BCUT2D eigenvalue weighted by molar-refractivity contribution is -0.162. The van der Waals surface area contributed by atoms with Crippen molar-refractivity contribution in [1.29, 1.82) is 0 Å². The van der Waals surface area contributed by atoms with Gasteiger partial charge in [0, 0.05) is 25.4 Å². The van der Waals surface area contributed by atoms with E-state index in [1.54, 1.807) is 41.5 Å². The molecular weight excluding hydrogens is 524 g/mol. The second-order valence-corrected chi connectivity index (χ2v) is 11.4.